The van der Waals surface area contributed by atoms with Crippen molar-refractivity contribution < 1.29 is 8.78 Å². The van der Waals surface area contributed by atoms with Crippen LogP contribution in [0.4, 0.5) is 8.78 Å². The van der Waals surface area contributed by atoms with Crippen molar-refractivity contribution >= 4 is 15.9 Å². The van der Waals surface area contributed by atoms with Gasteiger partial charge in [-0.3, -0.25) is 0 Å². The van der Waals surface area contributed by atoms with Crippen molar-refractivity contribution in [1.82, 2.24) is 0 Å². The van der Waals surface area contributed by atoms with Crippen LogP contribution in [0.5, 0.6) is 0 Å². The van der Waals surface area contributed by atoms with Gasteiger partial charge in [-0.2, -0.15) is 0 Å². The maximum atomic E-state index is 13.8. The van der Waals surface area contributed by atoms with Gasteiger partial charge < -0.3 is 5.73 Å². The van der Waals surface area contributed by atoms with Crippen LogP contribution in [-0.4, -0.2) is 6.04 Å². The summed E-state index contributed by atoms with van der Waals surface area (Å²) in [7, 11) is 0. The first-order valence-electron chi connectivity index (χ1n) is 5.72. The minimum Gasteiger partial charge on any atom is -0.328 e. The lowest BCUT2D eigenvalue weighted by Gasteiger charge is -2.25. The molecule has 0 bridgehead atoms. The molecule has 0 aliphatic heterocycles. The first-order valence-corrected chi connectivity index (χ1v) is 6.51. The summed E-state index contributed by atoms with van der Waals surface area (Å²) >= 11 is 3.07. The molecule has 1 aromatic carbocycles. The lowest BCUT2D eigenvalue weighted by atomic mass is 9.84. The number of benzene rings is 1. The van der Waals surface area contributed by atoms with Crippen LogP contribution in [0.15, 0.2) is 16.6 Å². The fourth-order valence-electron chi connectivity index (χ4n) is 2.02. The number of rotatable bonds is 4. The van der Waals surface area contributed by atoms with E-state index in [1.807, 2.05) is 20.8 Å². The van der Waals surface area contributed by atoms with Crippen molar-refractivity contribution in [1.29, 1.82) is 0 Å². The van der Waals surface area contributed by atoms with Gasteiger partial charge in [-0.05, 0) is 53.2 Å². The van der Waals surface area contributed by atoms with Crippen molar-refractivity contribution in [2.75, 3.05) is 0 Å². The standard InChI is InChI=1S/C13H18BrF2N/c1-7(2)9(8(3)17)6-10-12(15)5-4-11(14)13(10)16/h4-5,7-9H,6,17H2,1-3H3. The minimum absolute atomic E-state index is 0.0632. The summed E-state index contributed by atoms with van der Waals surface area (Å²) in [5.74, 6) is -0.672. The third-order valence-electron chi connectivity index (χ3n) is 3.11. The predicted molar refractivity (Wildman–Crippen MR) is 69.7 cm³/mol. The number of hydrogen-bond donors (Lipinski definition) is 1. The Morgan fingerprint density at radius 3 is 2.29 bits per heavy atom. The van der Waals surface area contributed by atoms with Gasteiger partial charge in [0.1, 0.15) is 11.6 Å². The second kappa shape index (κ2) is 5.91. The van der Waals surface area contributed by atoms with E-state index >= 15 is 0 Å². The molecule has 1 aromatic rings. The second-order valence-corrected chi connectivity index (χ2v) is 5.65. The summed E-state index contributed by atoms with van der Waals surface area (Å²) in [6.45, 7) is 5.90. The Kier molecular flexibility index (Phi) is 5.07. The van der Waals surface area contributed by atoms with E-state index < -0.39 is 11.6 Å². The number of hydrogen-bond acceptors (Lipinski definition) is 1. The van der Waals surface area contributed by atoms with E-state index in [9.17, 15) is 8.78 Å². The Morgan fingerprint density at radius 2 is 1.82 bits per heavy atom. The van der Waals surface area contributed by atoms with Gasteiger partial charge in [0, 0.05) is 11.6 Å². The van der Waals surface area contributed by atoms with E-state index in [2.05, 4.69) is 15.9 Å². The summed E-state index contributed by atoms with van der Waals surface area (Å²) in [6, 6.07) is 2.57. The summed E-state index contributed by atoms with van der Waals surface area (Å²) < 4.78 is 27.7. The van der Waals surface area contributed by atoms with Crippen LogP contribution >= 0.6 is 15.9 Å². The smallest absolute Gasteiger partial charge is 0.143 e. The Morgan fingerprint density at radius 1 is 1.24 bits per heavy atom. The Labute approximate surface area is 110 Å². The largest absolute Gasteiger partial charge is 0.328 e. The van der Waals surface area contributed by atoms with Crippen LogP contribution in [0.1, 0.15) is 26.3 Å². The summed E-state index contributed by atoms with van der Waals surface area (Å²) in [5, 5.41) is 0. The van der Waals surface area contributed by atoms with Crippen LogP contribution in [-0.2, 0) is 6.42 Å². The molecule has 0 aromatic heterocycles. The molecule has 17 heavy (non-hydrogen) atoms. The zero-order valence-corrected chi connectivity index (χ0v) is 11.9. The van der Waals surface area contributed by atoms with E-state index in [-0.39, 0.29) is 23.4 Å². The molecule has 2 N–H and O–H groups in total. The van der Waals surface area contributed by atoms with Crippen LogP contribution in [0.2, 0.25) is 0 Å². The molecule has 0 saturated heterocycles. The topological polar surface area (TPSA) is 26.0 Å². The molecule has 96 valence electrons. The number of halogens is 3. The SMILES string of the molecule is CC(C)C(Cc1c(F)ccc(Br)c1F)C(C)N. The Bertz CT molecular complexity index is 383. The lowest BCUT2D eigenvalue weighted by Crippen LogP contribution is -2.32. The van der Waals surface area contributed by atoms with E-state index in [1.165, 1.54) is 12.1 Å². The van der Waals surface area contributed by atoms with Crippen molar-refractivity contribution in [3.05, 3.63) is 33.8 Å². The second-order valence-electron chi connectivity index (χ2n) is 4.79. The highest BCUT2D eigenvalue weighted by Crippen LogP contribution is 2.27. The van der Waals surface area contributed by atoms with Gasteiger partial charge in [-0.15, -0.1) is 0 Å². The van der Waals surface area contributed by atoms with Crippen molar-refractivity contribution in [3.63, 3.8) is 0 Å². The number of nitrogens with two attached hydrogens (primary N) is 1. The molecule has 0 amide bonds. The van der Waals surface area contributed by atoms with Crippen molar-refractivity contribution in [2.24, 2.45) is 17.6 Å². The maximum Gasteiger partial charge on any atom is 0.143 e. The highest BCUT2D eigenvalue weighted by Gasteiger charge is 2.22. The molecule has 2 unspecified atom stereocenters. The minimum atomic E-state index is -0.517. The molecule has 0 radical (unpaired) electrons. The zero-order valence-electron chi connectivity index (χ0n) is 10.3. The average Bonchev–Trinajstić information content (AvgIpc) is 2.23. The molecule has 0 aliphatic rings. The lowest BCUT2D eigenvalue weighted by molar-refractivity contribution is 0.322. The fourth-order valence-corrected chi connectivity index (χ4v) is 2.39. The van der Waals surface area contributed by atoms with E-state index in [0.29, 0.717) is 10.9 Å². The molecule has 0 saturated carbocycles. The molecule has 1 nitrogen and oxygen atoms in total. The normalized spacial score (nSPS) is 15.1. The van der Waals surface area contributed by atoms with Gasteiger partial charge in [-0.25, -0.2) is 8.78 Å². The molecule has 1 rings (SSSR count). The molecule has 0 aliphatic carbocycles. The fraction of sp³-hybridized carbons (Fsp3) is 0.538. The molecule has 4 heteroatoms. The zero-order chi connectivity index (χ0) is 13.2. The van der Waals surface area contributed by atoms with Crippen molar-refractivity contribution in [2.45, 2.75) is 33.2 Å². The summed E-state index contributed by atoms with van der Waals surface area (Å²) in [6.07, 6.45) is 0.326. The maximum absolute atomic E-state index is 13.8. The van der Waals surface area contributed by atoms with Crippen LogP contribution in [0.25, 0.3) is 0 Å². The molecule has 0 heterocycles. The monoisotopic (exact) mass is 305 g/mol. The predicted octanol–water partition coefficient (Wildman–Crippen LogP) is 3.89. The van der Waals surface area contributed by atoms with Crippen LogP contribution in [0.3, 0.4) is 0 Å². The van der Waals surface area contributed by atoms with Gasteiger partial charge >= 0.3 is 0 Å². The molecule has 2 atom stereocenters. The van der Waals surface area contributed by atoms with Gasteiger partial charge in [0.15, 0.2) is 0 Å². The Balaban J connectivity index is 3.05. The summed E-state index contributed by atoms with van der Waals surface area (Å²) in [4.78, 5) is 0. The van der Waals surface area contributed by atoms with Gasteiger partial charge in [-0.1, -0.05) is 13.8 Å². The first kappa shape index (κ1) is 14.6. The van der Waals surface area contributed by atoms with E-state index in [0.717, 1.165) is 0 Å². The van der Waals surface area contributed by atoms with Crippen molar-refractivity contribution in [3.8, 4) is 0 Å². The average molecular weight is 306 g/mol. The van der Waals surface area contributed by atoms with Gasteiger partial charge in [0.25, 0.3) is 0 Å². The Hall–Kier alpha value is -0.480. The molecule has 0 spiro atoms. The van der Waals surface area contributed by atoms with E-state index in [1.54, 1.807) is 0 Å². The third-order valence-corrected chi connectivity index (χ3v) is 3.72. The van der Waals surface area contributed by atoms with Crippen LogP contribution in [0, 0.1) is 23.5 Å². The van der Waals surface area contributed by atoms with E-state index in [4.69, 9.17) is 5.73 Å². The molecular formula is C13H18BrF2N. The molecule has 0 fully saturated rings. The molecular weight excluding hydrogens is 288 g/mol. The third kappa shape index (κ3) is 3.49. The van der Waals surface area contributed by atoms with Gasteiger partial charge in [0.2, 0.25) is 0 Å². The first-order chi connectivity index (χ1) is 7.84. The highest BCUT2D eigenvalue weighted by molar-refractivity contribution is 9.10. The quantitative estimate of drug-likeness (QED) is 0.839. The highest BCUT2D eigenvalue weighted by atomic mass is 79.9. The van der Waals surface area contributed by atoms with Gasteiger partial charge in [0.05, 0.1) is 4.47 Å². The van der Waals surface area contributed by atoms with Crippen LogP contribution < -0.4 is 5.73 Å². The summed E-state index contributed by atoms with van der Waals surface area (Å²) in [5.41, 5.74) is 5.99.